The minimum atomic E-state index is -0.0764. The van der Waals surface area contributed by atoms with Crippen molar-refractivity contribution < 1.29 is 14.3 Å². The van der Waals surface area contributed by atoms with Gasteiger partial charge in [0, 0.05) is 37.8 Å². The van der Waals surface area contributed by atoms with Crippen LogP contribution in [0.25, 0.3) is 0 Å². The van der Waals surface area contributed by atoms with Crippen molar-refractivity contribution in [2.75, 3.05) is 37.5 Å². The summed E-state index contributed by atoms with van der Waals surface area (Å²) < 4.78 is 11.2. The fourth-order valence-corrected chi connectivity index (χ4v) is 3.91. The molecule has 0 spiro atoms. The summed E-state index contributed by atoms with van der Waals surface area (Å²) in [5.74, 6) is 3.69. The summed E-state index contributed by atoms with van der Waals surface area (Å²) in [6, 6.07) is 7.82. The van der Waals surface area contributed by atoms with Gasteiger partial charge in [-0.25, -0.2) is 9.97 Å². The molecule has 2 aromatic rings. The van der Waals surface area contributed by atoms with Gasteiger partial charge >= 0.3 is 0 Å². The molecule has 1 aliphatic rings. The second-order valence-corrected chi connectivity index (χ2v) is 8.25. The van der Waals surface area contributed by atoms with Crippen LogP contribution in [-0.2, 0) is 0 Å². The van der Waals surface area contributed by atoms with E-state index in [9.17, 15) is 4.79 Å². The van der Waals surface area contributed by atoms with Crippen LogP contribution in [0, 0.1) is 6.92 Å². The molecule has 1 heterocycles. The molecule has 0 unspecified atom stereocenters. The SMILES string of the molecule is CCOc1ccc(C(=O)NC2CCC(Nc3cc(N(C)C)nc(C)n3)CC2)cc1OCC. The first-order valence-electron chi connectivity index (χ1n) is 11.4. The fraction of sp³-hybridized carbons (Fsp3) is 0.542. The van der Waals surface area contributed by atoms with Crippen LogP contribution >= 0.6 is 0 Å². The number of hydrogen-bond donors (Lipinski definition) is 2. The Bertz CT molecular complexity index is 911. The van der Waals surface area contributed by atoms with Crippen molar-refractivity contribution in [3.05, 3.63) is 35.7 Å². The summed E-state index contributed by atoms with van der Waals surface area (Å²) in [5.41, 5.74) is 0.588. The van der Waals surface area contributed by atoms with Crippen molar-refractivity contribution >= 4 is 17.5 Å². The zero-order valence-corrected chi connectivity index (χ0v) is 19.8. The highest BCUT2D eigenvalue weighted by Crippen LogP contribution is 2.29. The topological polar surface area (TPSA) is 88.6 Å². The molecular weight excluding hydrogens is 406 g/mol. The van der Waals surface area contributed by atoms with E-state index >= 15 is 0 Å². The third kappa shape index (κ3) is 6.24. The third-order valence-corrected chi connectivity index (χ3v) is 5.50. The number of nitrogens with one attached hydrogen (secondary N) is 2. The third-order valence-electron chi connectivity index (χ3n) is 5.50. The number of carbonyl (C=O) groups is 1. The van der Waals surface area contributed by atoms with Gasteiger partial charge in [0.05, 0.1) is 13.2 Å². The predicted octanol–water partition coefficient (Wildman–Crippen LogP) is 3.80. The van der Waals surface area contributed by atoms with Crippen molar-refractivity contribution in [2.45, 2.75) is 58.5 Å². The summed E-state index contributed by atoms with van der Waals surface area (Å²) in [4.78, 5) is 23.7. The van der Waals surface area contributed by atoms with Gasteiger partial charge in [-0.15, -0.1) is 0 Å². The van der Waals surface area contributed by atoms with Crippen LogP contribution in [0.3, 0.4) is 0 Å². The van der Waals surface area contributed by atoms with Crippen LogP contribution in [0.15, 0.2) is 24.3 Å². The van der Waals surface area contributed by atoms with Crippen LogP contribution in [-0.4, -0.2) is 55.3 Å². The van der Waals surface area contributed by atoms with E-state index in [1.165, 1.54) is 0 Å². The normalized spacial score (nSPS) is 18.0. The van der Waals surface area contributed by atoms with Gasteiger partial charge in [0.1, 0.15) is 17.5 Å². The van der Waals surface area contributed by atoms with E-state index in [-0.39, 0.29) is 11.9 Å². The van der Waals surface area contributed by atoms with Crippen LogP contribution in [0.1, 0.15) is 55.7 Å². The fourth-order valence-electron chi connectivity index (χ4n) is 3.91. The molecule has 0 atom stereocenters. The Labute approximate surface area is 190 Å². The van der Waals surface area contributed by atoms with E-state index in [1.807, 2.05) is 45.8 Å². The molecule has 8 heteroatoms. The molecule has 0 aliphatic heterocycles. The van der Waals surface area contributed by atoms with Crippen LogP contribution in [0.2, 0.25) is 0 Å². The van der Waals surface area contributed by atoms with E-state index in [4.69, 9.17) is 9.47 Å². The van der Waals surface area contributed by atoms with Crippen molar-refractivity contribution in [3.8, 4) is 11.5 Å². The van der Waals surface area contributed by atoms with Gasteiger partial charge in [-0.1, -0.05) is 0 Å². The Balaban J connectivity index is 1.55. The number of aromatic nitrogens is 2. The van der Waals surface area contributed by atoms with E-state index in [1.54, 1.807) is 18.2 Å². The summed E-state index contributed by atoms with van der Waals surface area (Å²) in [7, 11) is 3.95. The minimum absolute atomic E-state index is 0.0764. The quantitative estimate of drug-likeness (QED) is 0.612. The lowest BCUT2D eigenvalue weighted by Gasteiger charge is -2.30. The lowest BCUT2D eigenvalue weighted by Crippen LogP contribution is -2.40. The van der Waals surface area contributed by atoms with Gasteiger partial charge in [0.15, 0.2) is 11.5 Å². The molecule has 0 saturated heterocycles. The van der Waals surface area contributed by atoms with Gasteiger partial charge in [-0.3, -0.25) is 4.79 Å². The number of benzene rings is 1. The molecule has 174 valence electrons. The number of aryl methyl sites for hydroxylation is 1. The molecular formula is C24H35N5O3. The molecule has 2 N–H and O–H groups in total. The average Bonchev–Trinajstić information content (AvgIpc) is 2.76. The van der Waals surface area contributed by atoms with Crippen molar-refractivity contribution in [1.82, 2.24) is 15.3 Å². The standard InChI is InChI=1S/C24H35N5O3/c1-6-31-20-13-8-17(14-21(20)32-7-2)24(30)28-19-11-9-18(10-12-19)27-22-15-23(29(4)5)26-16(3)25-22/h8,13-15,18-19H,6-7,9-12H2,1-5H3,(H,28,30)(H,25,26,27). The van der Waals surface area contributed by atoms with Crippen LogP contribution < -0.4 is 25.0 Å². The molecule has 1 aromatic heterocycles. The Morgan fingerprint density at radius 1 is 1.00 bits per heavy atom. The molecule has 1 fully saturated rings. The molecule has 0 bridgehead atoms. The summed E-state index contributed by atoms with van der Waals surface area (Å²) >= 11 is 0. The predicted molar refractivity (Wildman–Crippen MR) is 127 cm³/mol. The number of carbonyl (C=O) groups excluding carboxylic acids is 1. The lowest BCUT2D eigenvalue weighted by molar-refractivity contribution is 0.0926. The van der Waals surface area contributed by atoms with Crippen LogP contribution in [0.5, 0.6) is 11.5 Å². The first kappa shape index (κ1) is 23.6. The molecule has 8 nitrogen and oxygen atoms in total. The molecule has 3 rings (SSSR count). The van der Waals surface area contributed by atoms with Gasteiger partial charge in [0.2, 0.25) is 0 Å². The first-order valence-corrected chi connectivity index (χ1v) is 11.4. The van der Waals surface area contributed by atoms with Gasteiger partial charge < -0.3 is 25.0 Å². The Hall–Kier alpha value is -3.03. The van der Waals surface area contributed by atoms with E-state index in [2.05, 4.69) is 20.6 Å². The summed E-state index contributed by atoms with van der Waals surface area (Å²) in [6.45, 7) is 6.81. The molecule has 1 amide bonds. The van der Waals surface area contributed by atoms with Gasteiger partial charge in [-0.05, 0) is 64.7 Å². The highest BCUT2D eigenvalue weighted by Gasteiger charge is 2.24. The number of amides is 1. The van der Waals surface area contributed by atoms with Crippen molar-refractivity contribution in [1.29, 1.82) is 0 Å². The molecule has 1 aliphatic carbocycles. The largest absolute Gasteiger partial charge is 0.490 e. The number of rotatable bonds is 9. The number of ether oxygens (including phenoxy) is 2. The average molecular weight is 442 g/mol. The van der Waals surface area contributed by atoms with Crippen molar-refractivity contribution in [3.63, 3.8) is 0 Å². The highest BCUT2D eigenvalue weighted by molar-refractivity contribution is 5.95. The number of nitrogens with zero attached hydrogens (tertiary/aromatic N) is 3. The molecule has 1 aromatic carbocycles. The second kappa shape index (κ2) is 11.0. The zero-order chi connectivity index (χ0) is 23.1. The Morgan fingerprint density at radius 3 is 2.31 bits per heavy atom. The Morgan fingerprint density at radius 2 is 1.66 bits per heavy atom. The zero-order valence-electron chi connectivity index (χ0n) is 19.8. The van der Waals surface area contributed by atoms with Gasteiger partial charge in [0.25, 0.3) is 5.91 Å². The van der Waals surface area contributed by atoms with E-state index in [0.717, 1.165) is 43.1 Å². The number of anilines is 2. The number of hydrogen-bond acceptors (Lipinski definition) is 7. The monoisotopic (exact) mass is 441 g/mol. The Kier molecular flexibility index (Phi) is 8.14. The maximum atomic E-state index is 12.8. The minimum Gasteiger partial charge on any atom is -0.490 e. The summed E-state index contributed by atoms with van der Waals surface area (Å²) in [6.07, 6.45) is 3.78. The van der Waals surface area contributed by atoms with Gasteiger partial charge in [-0.2, -0.15) is 0 Å². The maximum absolute atomic E-state index is 12.8. The molecule has 32 heavy (non-hydrogen) atoms. The second-order valence-electron chi connectivity index (χ2n) is 8.25. The maximum Gasteiger partial charge on any atom is 0.251 e. The summed E-state index contributed by atoms with van der Waals surface area (Å²) in [5, 5.41) is 6.72. The lowest BCUT2D eigenvalue weighted by atomic mass is 9.91. The van der Waals surface area contributed by atoms with Crippen molar-refractivity contribution in [2.24, 2.45) is 0 Å². The van der Waals surface area contributed by atoms with Crippen LogP contribution in [0.4, 0.5) is 11.6 Å². The highest BCUT2D eigenvalue weighted by atomic mass is 16.5. The smallest absolute Gasteiger partial charge is 0.251 e. The van der Waals surface area contributed by atoms with E-state index < -0.39 is 0 Å². The molecule has 1 saturated carbocycles. The van der Waals surface area contributed by atoms with E-state index in [0.29, 0.717) is 36.3 Å². The first-order chi connectivity index (χ1) is 15.4. The molecule has 0 radical (unpaired) electrons.